The van der Waals surface area contributed by atoms with E-state index in [1.54, 1.807) is 0 Å². The zero-order valence-corrected chi connectivity index (χ0v) is 6.83. The Morgan fingerprint density at radius 1 is 1.80 bits per heavy atom. The van der Waals surface area contributed by atoms with Crippen LogP contribution in [0.1, 0.15) is 19.8 Å². The summed E-state index contributed by atoms with van der Waals surface area (Å²) in [7, 11) is 0. The normalized spacial score (nSPS) is 19.6. The molecule has 0 aliphatic heterocycles. The number of hydrogen-bond acceptors (Lipinski definition) is 2. The van der Waals surface area contributed by atoms with Gasteiger partial charge in [0.2, 0.25) is 0 Å². The minimum atomic E-state index is -0.131. The van der Waals surface area contributed by atoms with Gasteiger partial charge >= 0.3 is 0 Å². The van der Waals surface area contributed by atoms with Gasteiger partial charge in [-0.05, 0) is 24.2 Å². The molecule has 10 heavy (non-hydrogen) atoms. The maximum absolute atomic E-state index is 10.6. The van der Waals surface area contributed by atoms with Crippen LogP contribution in [0, 0.1) is 17.8 Å². The molecule has 0 heterocycles. The van der Waals surface area contributed by atoms with Gasteiger partial charge in [0, 0.05) is 5.75 Å². The lowest BCUT2D eigenvalue weighted by Gasteiger charge is -2.02. The number of terminal acetylenes is 1. The van der Waals surface area contributed by atoms with Gasteiger partial charge in [-0.25, -0.2) is 0 Å². The minimum Gasteiger partial charge on any atom is -0.272 e. The third-order valence-electron chi connectivity index (χ3n) is 1.77. The Hall–Kier alpha value is -0.420. The van der Waals surface area contributed by atoms with Crippen LogP contribution in [0.4, 0.5) is 0 Å². The van der Waals surface area contributed by atoms with Crippen LogP contribution in [-0.4, -0.2) is 10.9 Å². The van der Waals surface area contributed by atoms with Crippen molar-refractivity contribution in [1.29, 1.82) is 0 Å². The van der Waals surface area contributed by atoms with E-state index in [9.17, 15) is 4.79 Å². The van der Waals surface area contributed by atoms with E-state index >= 15 is 0 Å². The Morgan fingerprint density at radius 3 is 2.80 bits per heavy atom. The minimum absolute atomic E-state index is 0.131. The molecule has 54 valence electrons. The summed E-state index contributed by atoms with van der Waals surface area (Å²) in [5, 5.41) is -0.131. The van der Waals surface area contributed by atoms with Gasteiger partial charge in [0.15, 0.2) is 0 Å². The van der Waals surface area contributed by atoms with E-state index in [2.05, 4.69) is 12.8 Å². The summed E-state index contributed by atoms with van der Waals surface area (Å²) in [4.78, 5) is 10.6. The van der Waals surface area contributed by atoms with Gasteiger partial charge in [-0.15, -0.1) is 6.42 Å². The predicted octanol–water partition coefficient (Wildman–Crippen LogP) is 1.68. The number of thioether (sulfide) groups is 1. The van der Waals surface area contributed by atoms with Gasteiger partial charge in [0.25, 0.3) is 5.12 Å². The first-order chi connectivity index (χ1) is 4.66. The standard InChI is InChI=1S/C8H10OS/c1-3-7(9)10-6-8(2)4-5-8/h1H,4-6H2,2H3. The SMILES string of the molecule is C#CC(=O)SCC1(C)CC1. The highest BCUT2D eigenvalue weighted by atomic mass is 32.2. The molecule has 0 spiro atoms. The van der Waals surface area contributed by atoms with Crippen LogP contribution in [0.3, 0.4) is 0 Å². The predicted molar refractivity (Wildman–Crippen MR) is 43.6 cm³/mol. The van der Waals surface area contributed by atoms with Gasteiger partial charge in [-0.2, -0.15) is 0 Å². The highest BCUT2D eigenvalue weighted by Crippen LogP contribution is 2.47. The Bertz CT molecular complexity index is 186. The molecule has 0 unspecified atom stereocenters. The number of rotatable bonds is 2. The summed E-state index contributed by atoms with van der Waals surface area (Å²) < 4.78 is 0. The van der Waals surface area contributed by atoms with Gasteiger partial charge in [-0.3, -0.25) is 4.79 Å². The molecule has 1 aliphatic carbocycles. The molecule has 0 amide bonds. The van der Waals surface area contributed by atoms with Crippen molar-refractivity contribution in [3.63, 3.8) is 0 Å². The molecule has 0 saturated heterocycles. The smallest absolute Gasteiger partial charge is 0.262 e. The van der Waals surface area contributed by atoms with Crippen molar-refractivity contribution < 1.29 is 4.79 Å². The number of carbonyl (C=O) groups excluding carboxylic acids is 1. The van der Waals surface area contributed by atoms with E-state index in [1.807, 2.05) is 0 Å². The van der Waals surface area contributed by atoms with E-state index in [0.717, 1.165) is 5.75 Å². The second-order valence-electron chi connectivity index (χ2n) is 3.03. The third-order valence-corrected chi connectivity index (χ3v) is 2.99. The van der Waals surface area contributed by atoms with Gasteiger partial charge in [0.05, 0.1) is 0 Å². The quantitative estimate of drug-likeness (QED) is 0.563. The molecule has 1 nitrogen and oxygen atoms in total. The second-order valence-corrected chi connectivity index (χ2v) is 3.98. The van der Waals surface area contributed by atoms with E-state index in [1.165, 1.54) is 24.6 Å². The van der Waals surface area contributed by atoms with E-state index < -0.39 is 0 Å². The molecule has 0 aromatic carbocycles. The molecular weight excluding hydrogens is 144 g/mol. The lowest BCUT2D eigenvalue weighted by molar-refractivity contribution is -0.106. The third kappa shape index (κ3) is 2.07. The topological polar surface area (TPSA) is 17.1 Å². The van der Waals surface area contributed by atoms with E-state index in [-0.39, 0.29) is 5.12 Å². The molecule has 0 aromatic heterocycles. The molecule has 1 rings (SSSR count). The monoisotopic (exact) mass is 154 g/mol. The molecule has 1 aliphatic rings. The highest BCUT2D eigenvalue weighted by molar-refractivity contribution is 8.14. The van der Waals surface area contributed by atoms with Crippen LogP contribution in [0.15, 0.2) is 0 Å². The van der Waals surface area contributed by atoms with Crippen LogP contribution in [-0.2, 0) is 4.79 Å². The van der Waals surface area contributed by atoms with Gasteiger partial charge in [0.1, 0.15) is 0 Å². The van der Waals surface area contributed by atoms with Crippen LogP contribution in [0.25, 0.3) is 0 Å². The number of hydrogen-bond donors (Lipinski definition) is 0. The average Bonchev–Trinajstić information content (AvgIpc) is 2.64. The zero-order valence-electron chi connectivity index (χ0n) is 6.02. The fourth-order valence-electron chi connectivity index (χ4n) is 0.639. The number of carbonyl (C=O) groups is 1. The lowest BCUT2D eigenvalue weighted by Crippen LogP contribution is -1.99. The summed E-state index contributed by atoms with van der Waals surface area (Å²) >= 11 is 1.27. The van der Waals surface area contributed by atoms with Crippen molar-refractivity contribution in [2.45, 2.75) is 19.8 Å². The van der Waals surface area contributed by atoms with Gasteiger partial charge < -0.3 is 0 Å². The molecular formula is C8H10OS. The van der Waals surface area contributed by atoms with Crippen LogP contribution < -0.4 is 0 Å². The molecule has 0 bridgehead atoms. The highest BCUT2D eigenvalue weighted by Gasteiger charge is 2.37. The summed E-state index contributed by atoms with van der Waals surface area (Å²) in [5.41, 5.74) is 0.428. The molecule has 0 aromatic rings. The summed E-state index contributed by atoms with van der Waals surface area (Å²) in [6, 6.07) is 0. The molecule has 0 atom stereocenters. The molecule has 2 heteroatoms. The van der Waals surface area contributed by atoms with Gasteiger partial charge in [-0.1, -0.05) is 18.7 Å². The first-order valence-corrected chi connectivity index (χ1v) is 4.28. The Kier molecular flexibility index (Phi) is 2.05. The summed E-state index contributed by atoms with van der Waals surface area (Å²) in [5.74, 6) is 2.99. The Balaban J connectivity index is 2.18. The van der Waals surface area contributed by atoms with Crippen molar-refractivity contribution in [3.05, 3.63) is 0 Å². The molecule has 0 N–H and O–H groups in total. The largest absolute Gasteiger partial charge is 0.272 e. The van der Waals surface area contributed by atoms with Crippen molar-refractivity contribution >= 4 is 16.9 Å². The first kappa shape index (κ1) is 7.68. The first-order valence-electron chi connectivity index (χ1n) is 3.30. The van der Waals surface area contributed by atoms with Crippen molar-refractivity contribution in [2.75, 3.05) is 5.75 Å². The van der Waals surface area contributed by atoms with E-state index in [0.29, 0.717) is 5.41 Å². The maximum Gasteiger partial charge on any atom is 0.262 e. The molecule has 1 saturated carbocycles. The lowest BCUT2D eigenvalue weighted by atomic mass is 10.2. The van der Waals surface area contributed by atoms with Crippen molar-refractivity contribution in [3.8, 4) is 12.3 Å². The average molecular weight is 154 g/mol. The maximum atomic E-state index is 10.6. The van der Waals surface area contributed by atoms with Crippen molar-refractivity contribution in [1.82, 2.24) is 0 Å². The zero-order chi connectivity index (χ0) is 7.61. The van der Waals surface area contributed by atoms with E-state index in [4.69, 9.17) is 6.42 Å². The Labute approximate surface area is 65.6 Å². The van der Waals surface area contributed by atoms with Crippen LogP contribution in [0.5, 0.6) is 0 Å². The molecule has 1 fully saturated rings. The second kappa shape index (κ2) is 2.67. The molecule has 0 radical (unpaired) electrons. The fraction of sp³-hybridized carbons (Fsp3) is 0.625. The summed E-state index contributed by atoms with van der Waals surface area (Å²) in [6.45, 7) is 2.18. The summed E-state index contributed by atoms with van der Waals surface area (Å²) in [6.07, 6.45) is 7.40. The van der Waals surface area contributed by atoms with Crippen LogP contribution >= 0.6 is 11.8 Å². The fourth-order valence-corrected chi connectivity index (χ4v) is 1.49. The van der Waals surface area contributed by atoms with Crippen LogP contribution in [0.2, 0.25) is 0 Å². The van der Waals surface area contributed by atoms with Crippen molar-refractivity contribution in [2.24, 2.45) is 5.41 Å². The Morgan fingerprint density at radius 2 is 2.40 bits per heavy atom.